The largest absolute Gasteiger partial charge is 0.383 e. The quantitative estimate of drug-likeness (QED) is 0.814. The van der Waals surface area contributed by atoms with E-state index in [0.29, 0.717) is 6.04 Å². The molecule has 0 radical (unpaired) electrons. The summed E-state index contributed by atoms with van der Waals surface area (Å²) in [4.78, 5) is 2.65. The fourth-order valence-corrected chi connectivity index (χ4v) is 3.66. The van der Waals surface area contributed by atoms with Gasteiger partial charge in [-0.2, -0.15) is 0 Å². The van der Waals surface area contributed by atoms with E-state index >= 15 is 0 Å². The molecule has 0 aromatic heterocycles. The highest BCUT2D eigenvalue weighted by molar-refractivity contribution is 4.88. The minimum atomic E-state index is 0.614. The monoisotopic (exact) mass is 254 g/mol. The third-order valence-corrected chi connectivity index (χ3v) is 4.80. The molecule has 2 aliphatic rings. The van der Waals surface area contributed by atoms with Crippen LogP contribution < -0.4 is 5.32 Å². The highest BCUT2D eigenvalue weighted by Crippen LogP contribution is 2.28. The molecule has 0 aromatic rings. The first kappa shape index (κ1) is 14.3. The fourth-order valence-electron chi connectivity index (χ4n) is 3.66. The van der Waals surface area contributed by atoms with E-state index in [2.05, 4.69) is 17.1 Å². The molecule has 0 spiro atoms. The number of ether oxygens (including phenoxy) is 1. The molecule has 3 nitrogen and oxygen atoms in total. The van der Waals surface area contributed by atoms with Crippen molar-refractivity contribution >= 4 is 0 Å². The van der Waals surface area contributed by atoms with Crippen molar-refractivity contribution in [3.05, 3.63) is 0 Å². The Kier molecular flexibility index (Phi) is 5.93. The van der Waals surface area contributed by atoms with Gasteiger partial charge in [-0.1, -0.05) is 26.2 Å². The predicted molar refractivity (Wildman–Crippen MR) is 75.9 cm³/mol. The van der Waals surface area contributed by atoms with Gasteiger partial charge < -0.3 is 10.1 Å². The summed E-state index contributed by atoms with van der Waals surface area (Å²) in [5, 5.41) is 3.76. The van der Waals surface area contributed by atoms with Crippen molar-refractivity contribution in [1.29, 1.82) is 0 Å². The van der Waals surface area contributed by atoms with Crippen LogP contribution in [-0.2, 0) is 4.74 Å². The summed E-state index contributed by atoms with van der Waals surface area (Å²) < 4.78 is 5.37. The first-order valence-corrected chi connectivity index (χ1v) is 7.81. The minimum Gasteiger partial charge on any atom is -0.383 e. The highest BCUT2D eigenvalue weighted by Gasteiger charge is 2.30. The van der Waals surface area contributed by atoms with Crippen LogP contribution in [-0.4, -0.2) is 50.3 Å². The van der Waals surface area contributed by atoms with E-state index in [1.54, 1.807) is 0 Å². The molecular formula is C15H30N2O. The lowest BCUT2D eigenvalue weighted by molar-refractivity contribution is 0.0541. The molecule has 0 aromatic carbocycles. The van der Waals surface area contributed by atoms with Crippen molar-refractivity contribution in [2.24, 2.45) is 5.92 Å². The van der Waals surface area contributed by atoms with Gasteiger partial charge in [0.25, 0.3) is 0 Å². The zero-order valence-corrected chi connectivity index (χ0v) is 12.2. The van der Waals surface area contributed by atoms with E-state index in [0.717, 1.165) is 25.1 Å². The van der Waals surface area contributed by atoms with E-state index in [1.807, 2.05) is 7.11 Å². The Bertz CT molecular complexity index is 218. The smallest absolute Gasteiger partial charge is 0.0617 e. The topological polar surface area (TPSA) is 24.5 Å². The zero-order valence-electron chi connectivity index (χ0n) is 12.2. The number of nitrogens with zero attached hydrogens (tertiary/aromatic N) is 1. The number of methoxy groups -OCH3 is 1. The third-order valence-electron chi connectivity index (χ3n) is 4.80. The van der Waals surface area contributed by atoms with Crippen molar-refractivity contribution in [3.8, 4) is 0 Å². The summed E-state index contributed by atoms with van der Waals surface area (Å²) >= 11 is 0. The second-order valence-corrected chi connectivity index (χ2v) is 5.97. The first-order chi connectivity index (χ1) is 8.85. The number of nitrogens with one attached hydrogen (secondary N) is 1. The first-order valence-electron chi connectivity index (χ1n) is 7.81. The SMILES string of the molecule is CCC(COC)N1CCNC(C2CCCCC2)C1. The molecule has 18 heavy (non-hydrogen) atoms. The molecule has 0 amide bonds. The Hall–Kier alpha value is -0.120. The van der Waals surface area contributed by atoms with Gasteiger partial charge in [-0.15, -0.1) is 0 Å². The highest BCUT2D eigenvalue weighted by atomic mass is 16.5. The molecule has 1 heterocycles. The molecular weight excluding hydrogens is 224 g/mol. The number of piperazine rings is 1. The summed E-state index contributed by atoms with van der Waals surface area (Å²) in [6.07, 6.45) is 8.41. The molecule has 2 unspecified atom stereocenters. The lowest BCUT2D eigenvalue weighted by Crippen LogP contribution is -2.57. The van der Waals surface area contributed by atoms with Gasteiger partial charge in [-0.05, 0) is 25.2 Å². The zero-order chi connectivity index (χ0) is 12.8. The molecule has 106 valence electrons. The van der Waals surface area contributed by atoms with Gasteiger partial charge in [0, 0.05) is 38.8 Å². The standard InChI is InChI=1S/C15H30N2O/c1-3-14(12-18-2)17-10-9-16-15(11-17)13-7-5-4-6-8-13/h13-16H,3-12H2,1-2H3. The van der Waals surface area contributed by atoms with Crippen LogP contribution in [0.2, 0.25) is 0 Å². The minimum absolute atomic E-state index is 0.614. The van der Waals surface area contributed by atoms with E-state index in [9.17, 15) is 0 Å². The summed E-state index contributed by atoms with van der Waals surface area (Å²) in [7, 11) is 1.82. The summed E-state index contributed by atoms with van der Waals surface area (Å²) in [5.41, 5.74) is 0. The Balaban J connectivity index is 1.86. The maximum Gasteiger partial charge on any atom is 0.0617 e. The molecule has 1 aliphatic heterocycles. The van der Waals surface area contributed by atoms with Crippen molar-refractivity contribution in [2.75, 3.05) is 33.4 Å². The van der Waals surface area contributed by atoms with Crippen molar-refractivity contribution in [1.82, 2.24) is 10.2 Å². The average Bonchev–Trinajstić information content (AvgIpc) is 2.46. The molecule has 1 N–H and O–H groups in total. The summed E-state index contributed by atoms with van der Waals surface area (Å²) in [5.74, 6) is 0.918. The number of hydrogen-bond acceptors (Lipinski definition) is 3. The fraction of sp³-hybridized carbons (Fsp3) is 1.00. The summed E-state index contributed by atoms with van der Waals surface area (Å²) in [6.45, 7) is 6.73. The van der Waals surface area contributed by atoms with Crippen LogP contribution >= 0.6 is 0 Å². The van der Waals surface area contributed by atoms with Gasteiger partial charge in [0.1, 0.15) is 0 Å². The molecule has 2 rings (SSSR count). The van der Waals surface area contributed by atoms with Crippen LogP contribution in [0.1, 0.15) is 45.4 Å². The molecule has 0 bridgehead atoms. The van der Waals surface area contributed by atoms with Crippen LogP contribution in [0.15, 0.2) is 0 Å². The Morgan fingerprint density at radius 3 is 2.72 bits per heavy atom. The van der Waals surface area contributed by atoms with E-state index < -0.39 is 0 Å². The van der Waals surface area contributed by atoms with Gasteiger partial charge >= 0.3 is 0 Å². The maximum absolute atomic E-state index is 5.37. The molecule has 1 saturated carbocycles. The van der Waals surface area contributed by atoms with Gasteiger partial charge in [-0.25, -0.2) is 0 Å². The second-order valence-electron chi connectivity index (χ2n) is 5.97. The Labute approximate surface area is 112 Å². The van der Waals surface area contributed by atoms with Crippen LogP contribution in [0.25, 0.3) is 0 Å². The maximum atomic E-state index is 5.37. The molecule has 2 atom stereocenters. The van der Waals surface area contributed by atoms with Gasteiger partial charge in [0.05, 0.1) is 6.61 Å². The van der Waals surface area contributed by atoms with E-state index in [-0.39, 0.29) is 0 Å². The van der Waals surface area contributed by atoms with Crippen LogP contribution in [0.5, 0.6) is 0 Å². The lowest BCUT2D eigenvalue weighted by Gasteiger charge is -2.42. The predicted octanol–water partition coefficient (Wildman–Crippen LogP) is 2.27. The van der Waals surface area contributed by atoms with Crippen LogP contribution in [0.3, 0.4) is 0 Å². The molecule has 1 aliphatic carbocycles. The van der Waals surface area contributed by atoms with E-state index in [1.165, 1.54) is 51.6 Å². The Morgan fingerprint density at radius 1 is 1.28 bits per heavy atom. The number of hydrogen-bond donors (Lipinski definition) is 1. The Morgan fingerprint density at radius 2 is 2.06 bits per heavy atom. The number of rotatable bonds is 5. The molecule has 3 heteroatoms. The normalized spacial score (nSPS) is 29.3. The second kappa shape index (κ2) is 7.46. The van der Waals surface area contributed by atoms with E-state index in [4.69, 9.17) is 4.74 Å². The van der Waals surface area contributed by atoms with Gasteiger partial charge in [0.15, 0.2) is 0 Å². The van der Waals surface area contributed by atoms with Gasteiger partial charge in [0.2, 0.25) is 0 Å². The van der Waals surface area contributed by atoms with Gasteiger partial charge in [-0.3, -0.25) is 4.90 Å². The average molecular weight is 254 g/mol. The van der Waals surface area contributed by atoms with Crippen LogP contribution in [0.4, 0.5) is 0 Å². The molecule has 1 saturated heterocycles. The lowest BCUT2D eigenvalue weighted by atomic mass is 9.83. The van der Waals surface area contributed by atoms with Crippen molar-refractivity contribution in [3.63, 3.8) is 0 Å². The summed E-state index contributed by atoms with van der Waals surface area (Å²) in [6, 6.07) is 1.34. The van der Waals surface area contributed by atoms with Crippen molar-refractivity contribution < 1.29 is 4.74 Å². The third kappa shape index (κ3) is 3.69. The van der Waals surface area contributed by atoms with Crippen molar-refractivity contribution in [2.45, 2.75) is 57.5 Å². The molecule has 2 fully saturated rings. The van der Waals surface area contributed by atoms with Crippen LogP contribution in [0, 0.1) is 5.92 Å².